The Hall–Kier alpha value is -2.90. The van der Waals surface area contributed by atoms with Crippen LogP contribution in [0.4, 0.5) is 17.3 Å². The maximum atomic E-state index is 11.8. The summed E-state index contributed by atoms with van der Waals surface area (Å²) in [7, 11) is 0. The summed E-state index contributed by atoms with van der Waals surface area (Å²) < 4.78 is 0. The molecule has 0 radical (unpaired) electrons. The molecule has 1 aliphatic heterocycles. The minimum absolute atomic E-state index is 0.0439. The van der Waals surface area contributed by atoms with E-state index < -0.39 is 0 Å². The number of hydrogen-bond donors (Lipinski definition) is 1. The number of carbonyl (C=O) groups excluding carboxylic acids is 1. The van der Waals surface area contributed by atoms with E-state index in [0.717, 1.165) is 17.0 Å². The Morgan fingerprint density at radius 1 is 1.07 bits per heavy atom. The number of carbonyl (C=O) groups is 1. The van der Waals surface area contributed by atoms with Gasteiger partial charge in [0.1, 0.15) is 17.7 Å². The molecule has 29 heavy (non-hydrogen) atoms. The number of anilines is 3. The third-order valence-electron chi connectivity index (χ3n) is 4.74. The van der Waals surface area contributed by atoms with Gasteiger partial charge in [-0.3, -0.25) is 4.79 Å². The van der Waals surface area contributed by atoms with Crippen LogP contribution in [0.3, 0.4) is 0 Å². The highest BCUT2D eigenvalue weighted by Gasteiger charge is 2.21. The van der Waals surface area contributed by atoms with Crippen LogP contribution in [-0.2, 0) is 4.79 Å². The number of amides is 1. The van der Waals surface area contributed by atoms with Crippen molar-refractivity contribution in [3.8, 4) is 0 Å². The van der Waals surface area contributed by atoms with Crippen molar-refractivity contribution in [2.24, 2.45) is 0 Å². The van der Waals surface area contributed by atoms with Crippen molar-refractivity contribution >= 4 is 57.5 Å². The van der Waals surface area contributed by atoms with Crippen molar-refractivity contribution in [3.63, 3.8) is 0 Å². The first-order valence-electron chi connectivity index (χ1n) is 9.05. The van der Waals surface area contributed by atoms with Crippen molar-refractivity contribution in [2.75, 3.05) is 36.4 Å². The lowest BCUT2D eigenvalue weighted by Crippen LogP contribution is -2.48. The van der Waals surface area contributed by atoms with Crippen molar-refractivity contribution in [1.82, 2.24) is 19.9 Å². The summed E-state index contributed by atoms with van der Waals surface area (Å²) in [5, 5.41) is 4.18. The van der Waals surface area contributed by atoms with Gasteiger partial charge in [0.25, 0.3) is 0 Å². The Morgan fingerprint density at radius 3 is 2.59 bits per heavy atom. The maximum absolute atomic E-state index is 11.8. The van der Waals surface area contributed by atoms with Crippen LogP contribution >= 0.6 is 23.2 Å². The zero-order chi connectivity index (χ0) is 20.4. The lowest BCUT2D eigenvalue weighted by molar-refractivity contribution is -0.126. The number of nitrogens with one attached hydrogen (secondary N) is 1. The summed E-state index contributed by atoms with van der Waals surface area (Å²) in [4.78, 5) is 29.1. The van der Waals surface area contributed by atoms with Gasteiger partial charge in [-0.25, -0.2) is 15.0 Å². The van der Waals surface area contributed by atoms with Crippen molar-refractivity contribution in [2.45, 2.75) is 0 Å². The average Bonchev–Trinajstić information content (AvgIpc) is 2.76. The number of fused-ring (bicyclic) bond motifs is 1. The molecule has 9 heteroatoms. The van der Waals surface area contributed by atoms with E-state index in [1.54, 1.807) is 17.0 Å². The van der Waals surface area contributed by atoms with E-state index in [9.17, 15) is 4.79 Å². The SMILES string of the molecule is C=CC(=O)N1CCN(c2ccc3ncnc(Nc4ccc(Cl)c(Cl)c4)c3n2)CC1. The molecule has 4 rings (SSSR count). The van der Waals surface area contributed by atoms with E-state index in [-0.39, 0.29) is 5.91 Å². The summed E-state index contributed by atoms with van der Waals surface area (Å²) in [5.41, 5.74) is 2.13. The molecule has 2 aromatic heterocycles. The standard InChI is InChI=1S/C20H18Cl2N6O/c1-2-18(29)28-9-7-27(8-10-28)17-6-5-16-19(26-17)20(24-12-23-16)25-13-3-4-14(21)15(22)11-13/h2-6,11-12H,1,7-10H2,(H,23,24,25). The minimum atomic E-state index is -0.0439. The van der Waals surface area contributed by atoms with E-state index in [1.807, 2.05) is 18.2 Å². The van der Waals surface area contributed by atoms with Crippen LogP contribution in [0.2, 0.25) is 10.0 Å². The number of rotatable bonds is 4. The number of hydrogen-bond acceptors (Lipinski definition) is 6. The Bertz CT molecular complexity index is 1080. The molecule has 148 valence electrons. The van der Waals surface area contributed by atoms with E-state index in [4.69, 9.17) is 28.2 Å². The number of piperazine rings is 1. The molecule has 1 aliphatic rings. The van der Waals surface area contributed by atoms with Crippen LogP contribution in [0, 0.1) is 0 Å². The van der Waals surface area contributed by atoms with Crippen LogP contribution in [0.5, 0.6) is 0 Å². The molecule has 0 atom stereocenters. The molecule has 1 N–H and O–H groups in total. The number of pyridine rings is 1. The zero-order valence-electron chi connectivity index (χ0n) is 15.5. The van der Waals surface area contributed by atoms with Crippen LogP contribution < -0.4 is 10.2 Å². The number of halogens is 2. The molecule has 0 saturated carbocycles. The monoisotopic (exact) mass is 428 g/mol. The second-order valence-corrected chi connectivity index (χ2v) is 7.34. The van der Waals surface area contributed by atoms with Crippen molar-refractivity contribution < 1.29 is 4.79 Å². The molecule has 0 bridgehead atoms. The molecular formula is C20H18Cl2N6O. The highest BCUT2D eigenvalue weighted by molar-refractivity contribution is 6.42. The van der Waals surface area contributed by atoms with Gasteiger partial charge in [0.15, 0.2) is 5.82 Å². The fraction of sp³-hybridized carbons (Fsp3) is 0.200. The van der Waals surface area contributed by atoms with Crippen LogP contribution in [0.25, 0.3) is 11.0 Å². The Kier molecular flexibility index (Phi) is 5.51. The molecule has 7 nitrogen and oxygen atoms in total. The molecule has 3 heterocycles. The van der Waals surface area contributed by atoms with Gasteiger partial charge in [-0.05, 0) is 36.4 Å². The fourth-order valence-electron chi connectivity index (χ4n) is 3.19. The predicted molar refractivity (Wildman–Crippen MR) is 116 cm³/mol. The van der Waals surface area contributed by atoms with E-state index in [0.29, 0.717) is 47.6 Å². The number of aromatic nitrogens is 3. The maximum Gasteiger partial charge on any atom is 0.246 e. The third-order valence-corrected chi connectivity index (χ3v) is 5.48. The zero-order valence-corrected chi connectivity index (χ0v) is 17.0. The number of benzene rings is 1. The molecule has 0 spiro atoms. The van der Waals surface area contributed by atoms with Gasteiger partial charge >= 0.3 is 0 Å². The fourth-order valence-corrected chi connectivity index (χ4v) is 3.49. The Balaban J connectivity index is 1.60. The Morgan fingerprint density at radius 2 is 1.86 bits per heavy atom. The smallest absolute Gasteiger partial charge is 0.246 e. The molecule has 1 saturated heterocycles. The van der Waals surface area contributed by atoms with E-state index in [2.05, 4.69) is 26.8 Å². The average molecular weight is 429 g/mol. The summed E-state index contributed by atoms with van der Waals surface area (Å²) >= 11 is 12.1. The van der Waals surface area contributed by atoms with Crippen molar-refractivity contribution in [3.05, 3.63) is 59.4 Å². The lowest BCUT2D eigenvalue weighted by atomic mass is 10.2. The van der Waals surface area contributed by atoms with Gasteiger partial charge in [0, 0.05) is 31.9 Å². The molecule has 0 unspecified atom stereocenters. The molecule has 3 aromatic rings. The second-order valence-electron chi connectivity index (χ2n) is 6.53. The summed E-state index contributed by atoms with van der Waals surface area (Å²) in [6.07, 6.45) is 2.84. The van der Waals surface area contributed by atoms with Gasteiger partial charge in [0.2, 0.25) is 5.91 Å². The minimum Gasteiger partial charge on any atom is -0.353 e. The van der Waals surface area contributed by atoms with Crippen LogP contribution in [0.15, 0.2) is 49.3 Å². The lowest BCUT2D eigenvalue weighted by Gasteiger charge is -2.35. The van der Waals surface area contributed by atoms with E-state index >= 15 is 0 Å². The van der Waals surface area contributed by atoms with E-state index in [1.165, 1.54) is 12.4 Å². The van der Waals surface area contributed by atoms with Crippen molar-refractivity contribution in [1.29, 1.82) is 0 Å². The quantitative estimate of drug-likeness (QED) is 0.634. The van der Waals surface area contributed by atoms with Gasteiger partial charge in [0.05, 0.1) is 15.6 Å². The summed E-state index contributed by atoms with van der Waals surface area (Å²) in [6.45, 7) is 6.20. The first-order valence-corrected chi connectivity index (χ1v) is 9.81. The molecule has 1 amide bonds. The van der Waals surface area contributed by atoms with Gasteiger partial charge in [-0.1, -0.05) is 29.8 Å². The number of nitrogens with zero attached hydrogens (tertiary/aromatic N) is 5. The molecule has 1 aromatic carbocycles. The molecule has 1 fully saturated rings. The van der Waals surface area contributed by atoms with Gasteiger partial charge in [-0.15, -0.1) is 0 Å². The van der Waals surface area contributed by atoms with Crippen LogP contribution in [0.1, 0.15) is 0 Å². The topological polar surface area (TPSA) is 74.2 Å². The highest BCUT2D eigenvalue weighted by atomic mass is 35.5. The normalized spacial score (nSPS) is 14.1. The van der Waals surface area contributed by atoms with Crippen LogP contribution in [-0.4, -0.2) is 51.9 Å². The largest absolute Gasteiger partial charge is 0.353 e. The molecule has 0 aliphatic carbocycles. The first kappa shape index (κ1) is 19.4. The van der Waals surface area contributed by atoms with Gasteiger partial charge in [-0.2, -0.15) is 0 Å². The highest BCUT2D eigenvalue weighted by Crippen LogP contribution is 2.29. The third kappa shape index (κ3) is 4.11. The predicted octanol–water partition coefficient (Wildman–Crippen LogP) is 3.91. The Labute approximate surface area is 178 Å². The molecular weight excluding hydrogens is 411 g/mol. The summed E-state index contributed by atoms with van der Waals surface area (Å²) in [5.74, 6) is 1.35. The second kappa shape index (κ2) is 8.23. The van der Waals surface area contributed by atoms with Gasteiger partial charge < -0.3 is 15.1 Å². The first-order chi connectivity index (χ1) is 14.0. The summed E-state index contributed by atoms with van der Waals surface area (Å²) in [6, 6.07) is 9.13.